The summed E-state index contributed by atoms with van der Waals surface area (Å²) in [5, 5.41) is 0. The fourth-order valence-electron chi connectivity index (χ4n) is 1.27. The summed E-state index contributed by atoms with van der Waals surface area (Å²) in [4.78, 5) is 11.4. The van der Waals surface area contributed by atoms with Crippen molar-refractivity contribution in [3.05, 3.63) is 11.8 Å². The van der Waals surface area contributed by atoms with E-state index in [4.69, 9.17) is 4.43 Å². The van der Waals surface area contributed by atoms with Crippen molar-refractivity contribution in [1.82, 2.24) is 0 Å². The molecule has 1 rings (SSSR count). The number of carbonyl (C=O) groups is 1. The minimum atomic E-state index is -1.50. The Morgan fingerprint density at radius 1 is 1.23 bits per heavy atom. The van der Waals surface area contributed by atoms with Gasteiger partial charge in [-0.3, -0.25) is 4.79 Å². The summed E-state index contributed by atoms with van der Waals surface area (Å²) in [6.45, 7) is 6.37. The van der Waals surface area contributed by atoms with Crippen LogP contribution in [-0.4, -0.2) is 14.1 Å². The second-order valence-corrected chi connectivity index (χ2v) is 8.96. The molecule has 0 aromatic carbocycles. The van der Waals surface area contributed by atoms with Gasteiger partial charge in [0.1, 0.15) is 0 Å². The molecule has 0 aliphatic heterocycles. The van der Waals surface area contributed by atoms with Gasteiger partial charge < -0.3 is 4.43 Å². The molecule has 0 saturated heterocycles. The molecule has 1 saturated carbocycles. The van der Waals surface area contributed by atoms with E-state index in [2.05, 4.69) is 19.6 Å². The molecule has 0 unspecified atom stereocenters. The largest absolute Gasteiger partial charge is 0.549 e. The molecule has 0 aromatic rings. The molecule has 0 atom stereocenters. The lowest BCUT2D eigenvalue weighted by atomic mass is 9.95. The first-order chi connectivity index (χ1) is 5.99. The Morgan fingerprint density at radius 3 is 2.38 bits per heavy atom. The number of ketones is 1. The minimum Gasteiger partial charge on any atom is -0.549 e. The average Bonchev–Trinajstić information content (AvgIpc) is 2.01. The highest BCUT2D eigenvalue weighted by Gasteiger charge is 2.18. The summed E-state index contributed by atoms with van der Waals surface area (Å²) >= 11 is 0. The fraction of sp³-hybridized carbons (Fsp3) is 0.700. The van der Waals surface area contributed by atoms with Crippen LogP contribution in [0.5, 0.6) is 0 Å². The molecule has 0 amide bonds. The highest BCUT2D eigenvalue weighted by atomic mass is 28.4. The van der Waals surface area contributed by atoms with Gasteiger partial charge in [0.05, 0.1) is 6.26 Å². The highest BCUT2D eigenvalue weighted by molar-refractivity contribution is 6.69. The third-order valence-corrected chi connectivity index (χ3v) is 2.84. The third kappa shape index (κ3) is 3.76. The normalized spacial score (nSPS) is 22.1. The maximum absolute atomic E-state index is 11.4. The average molecular weight is 198 g/mol. The number of hydrogen-bond donors (Lipinski definition) is 0. The molecule has 0 aromatic heterocycles. The number of Topliss-reactive ketones (excluding diaryl/α,β-unsaturated/α-hetero) is 1. The first-order valence-corrected chi connectivity index (χ1v) is 8.30. The van der Waals surface area contributed by atoms with Crippen LogP contribution in [0.3, 0.4) is 0 Å². The number of allylic oxidation sites excluding steroid dienone is 1. The van der Waals surface area contributed by atoms with E-state index < -0.39 is 8.32 Å². The molecule has 0 bridgehead atoms. The van der Waals surface area contributed by atoms with E-state index in [0.29, 0.717) is 6.42 Å². The molecule has 74 valence electrons. The second kappa shape index (κ2) is 4.09. The lowest BCUT2D eigenvalue weighted by molar-refractivity contribution is -0.116. The molecule has 0 heterocycles. The summed E-state index contributed by atoms with van der Waals surface area (Å²) in [5.74, 6) is 0.282. The topological polar surface area (TPSA) is 26.3 Å². The van der Waals surface area contributed by atoms with Crippen molar-refractivity contribution in [1.29, 1.82) is 0 Å². The summed E-state index contributed by atoms with van der Waals surface area (Å²) in [5.41, 5.74) is 0.897. The molecule has 2 nitrogen and oxygen atoms in total. The quantitative estimate of drug-likeness (QED) is 0.387. The predicted octanol–water partition coefficient (Wildman–Crippen LogP) is 2.86. The van der Waals surface area contributed by atoms with Gasteiger partial charge in [0, 0.05) is 12.0 Å². The predicted molar refractivity (Wildman–Crippen MR) is 56.0 cm³/mol. The van der Waals surface area contributed by atoms with Gasteiger partial charge in [-0.15, -0.1) is 0 Å². The van der Waals surface area contributed by atoms with Crippen molar-refractivity contribution < 1.29 is 9.22 Å². The Kier molecular flexibility index (Phi) is 3.31. The molecule has 13 heavy (non-hydrogen) atoms. The van der Waals surface area contributed by atoms with Gasteiger partial charge in [-0.05, 0) is 38.9 Å². The minimum absolute atomic E-state index is 0.282. The van der Waals surface area contributed by atoms with Gasteiger partial charge in [-0.2, -0.15) is 0 Å². The summed E-state index contributed by atoms with van der Waals surface area (Å²) < 4.78 is 5.60. The molecular formula is C10H18O2Si. The van der Waals surface area contributed by atoms with E-state index >= 15 is 0 Å². The first kappa shape index (κ1) is 10.5. The number of carbonyl (C=O) groups excluding carboxylic acids is 1. The molecule has 0 spiro atoms. The van der Waals surface area contributed by atoms with Gasteiger partial charge in [0.2, 0.25) is 8.32 Å². The van der Waals surface area contributed by atoms with E-state index in [-0.39, 0.29) is 5.78 Å². The van der Waals surface area contributed by atoms with Crippen molar-refractivity contribution >= 4 is 14.1 Å². The summed E-state index contributed by atoms with van der Waals surface area (Å²) in [6, 6.07) is 0. The van der Waals surface area contributed by atoms with E-state index in [0.717, 1.165) is 24.8 Å². The van der Waals surface area contributed by atoms with Crippen molar-refractivity contribution in [2.45, 2.75) is 45.3 Å². The first-order valence-electron chi connectivity index (χ1n) is 4.89. The molecule has 0 N–H and O–H groups in total. The molecular weight excluding hydrogens is 180 g/mol. The molecule has 0 radical (unpaired) electrons. The Morgan fingerprint density at radius 2 is 1.85 bits per heavy atom. The van der Waals surface area contributed by atoms with Gasteiger partial charge in [0.25, 0.3) is 0 Å². The smallest absolute Gasteiger partial charge is 0.241 e. The Bertz CT molecular complexity index is 226. The summed E-state index contributed by atoms with van der Waals surface area (Å²) in [6.07, 6.45) is 5.51. The molecule has 1 aliphatic rings. The fourth-order valence-corrected chi connectivity index (χ4v) is 1.77. The molecule has 3 heteroatoms. The molecule has 1 aliphatic carbocycles. The summed E-state index contributed by atoms with van der Waals surface area (Å²) in [7, 11) is -1.50. The van der Waals surface area contributed by atoms with Crippen LogP contribution >= 0.6 is 0 Å². The zero-order chi connectivity index (χ0) is 9.90. The van der Waals surface area contributed by atoms with E-state index in [1.165, 1.54) is 0 Å². The van der Waals surface area contributed by atoms with E-state index in [9.17, 15) is 4.79 Å². The standard InChI is InChI=1S/C10H18O2Si/c1-13(2,3)12-8-9-6-4-5-7-10(9)11/h8H,4-7H2,1-3H3/b9-8-. The van der Waals surface area contributed by atoms with Crippen molar-refractivity contribution in [2.24, 2.45) is 0 Å². The zero-order valence-electron chi connectivity index (χ0n) is 8.72. The maximum Gasteiger partial charge on any atom is 0.241 e. The SMILES string of the molecule is C[Si](C)(C)O/C=C1/CCCCC1=O. The maximum atomic E-state index is 11.4. The van der Waals surface area contributed by atoms with Crippen LogP contribution in [0.25, 0.3) is 0 Å². The van der Waals surface area contributed by atoms with E-state index in [1.807, 2.05) is 0 Å². The molecule has 1 fully saturated rings. The highest BCUT2D eigenvalue weighted by Crippen LogP contribution is 2.20. The Hall–Kier alpha value is -0.573. The second-order valence-electron chi connectivity index (χ2n) is 4.50. The van der Waals surface area contributed by atoms with Crippen LogP contribution in [0.2, 0.25) is 19.6 Å². The Balaban J connectivity index is 2.54. The zero-order valence-corrected chi connectivity index (χ0v) is 9.72. The van der Waals surface area contributed by atoms with Crippen molar-refractivity contribution in [3.63, 3.8) is 0 Å². The van der Waals surface area contributed by atoms with Crippen LogP contribution in [-0.2, 0) is 9.22 Å². The lowest BCUT2D eigenvalue weighted by Crippen LogP contribution is -2.23. The monoisotopic (exact) mass is 198 g/mol. The van der Waals surface area contributed by atoms with Crippen LogP contribution < -0.4 is 0 Å². The lowest BCUT2D eigenvalue weighted by Gasteiger charge is -2.18. The van der Waals surface area contributed by atoms with Crippen molar-refractivity contribution in [2.75, 3.05) is 0 Å². The van der Waals surface area contributed by atoms with Gasteiger partial charge >= 0.3 is 0 Å². The van der Waals surface area contributed by atoms with E-state index in [1.54, 1.807) is 6.26 Å². The van der Waals surface area contributed by atoms with Crippen LogP contribution in [0, 0.1) is 0 Å². The van der Waals surface area contributed by atoms with Gasteiger partial charge in [-0.1, -0.05) is 0 Å². The van der Waals surface area contributed by atoms with Crippen LogP contribution in [0.4, 0.5) is 0 Å². The van der Waals surface area contributed by atoms with Crippen LogP contribution in [0.15, 0.2) is 11.8 Å². The number of rotatable bonds is 2. The van der Waals surface area contributed by atoms with Crippen molar-refractivity contribution in [3.8, 4) is 0 Å². The number of hydrogen-bond acceptors (Lipinski definition) is 2. The van der Waals surface area contributed by atoms with Crippen LogP contribution in [0.1, 0.15) is 25.7 Å². The Labute approximate surface area is 81.1 Å². The third-order valence-electron chi connectivity index (χ3n) is 2.01. The van der Waals surface area contributed by atoms with Gasteiger partial charge in [0.15, 0.2) is 5.78 Å². The van der Waals surface area contributed by atoms with Gasteiger partial charge in [-0.25, -0.2) is 0 Å².